The van der Waals surface area contributed by atoms with Crippen LogP contribution in [0.1, 0.15) is 45.2 Å². The van der Waals surface area contributed by atoms with E-state index >= 15 is 0 Å². The molecule has 1 saturated carbocycles. The van der Waals surface area contributed by atoms with Crippen LogP contribution in [0.2, 0.25) is 0 Å². The van der Waals surface area contributed by atoms with Crippen LogP contribution in [0.15, 0.2) is 67.1 Å². The topological polar surface area (TPSA) is 95.1 Å². The largest absolute Gasteiger partial charge is 0.489 e. The molecule has 2 aromatic heterocycles. The molecule has 1 amide bonds. The minimum absolute atomic E-state index is 0.0922. The van der Waals surface area contributed by atoms with Crippen molar-refractivity contribution in [3.8, 4) is 16.9 Å². The number of hydrogen-bond donors (Lipinski definition) is 2. The zero-order chi connectivity index (χ0) is 25.3. The Balaban J connectivity index is 1.35. The molecule has 186 valence electrons. The lowest BCUT2D eigenvalue weighted by atomic mass is 9.79. The van der Waals surface area contributed by atoms with Gasteiger partial charge in [-0.1, -0.05) is 63.2 Å². The molecule has 0 saturated heterocycles. The summed E-state index contributed by atoms with van der Waals surface area (Å²) in [5.74, 6) is 1.81. The van der Waals surface area contributed by atoms with E-state index < -0.39 is 0 Å². The van der Waals surface area contributed by atoms with Crippen LogP contribution in [0.25, 0.3) is 22.2 Å². The quantitative estimate of drug-likeness (QED) is 0.368. The molecule has 2 aromatic carbocycles. The van der Waals surface area contributed by atoms with E-state index in [1.807, 2.05) is 57.2 Å². The van der Waals surface area contributed by atoms with Gasteiger partial charge >= 0.3 is 0 Å². The van der Waals surface area contributed by atoms with Gasteiger partial charge in [0.2, 0.25) is 5.91 Å². The van der Waals surface area contributed by atoms with Gasteiger partial charge in [0.05, 0.1) is 5.39 Å². The number of fused-ring (bicyclic) bond motifs is 1. The van der Waals surface area contributed by atoms with Gasteiger partial charge in [0.15, 0.2) is 0 Å². The van der Waals surface area contributed by atoms with Crippen LogP contribution in [0.5, 0.6) is 5.75 Å². The molecule has 4 aromatic rings. The zero-order valence-electron chi connectivity index (χ0n) is 21.1. The zero-order valence-corrected chi connectivity index (χ0v) is 21.1. The van der Waals surface area contributed by atoms with E-state index in [1.54, 1.807) is 0 Å². The van der Waals surface area contributed by atoms with Gasteiger partial charge in [-0.2, -0.15) is 0 Å². The number of benzene rings is 2. The maximum Gasteiger partial charge on any atom is 0.225 e. The Kier molecular flexibility index (Phi) is 6.39. The number of nitrogens with one attached hydrogen (secondary N) is 1. The molecule has 0 radical (unpaired) electrons. The van der Waals surface area contributed by atoms with Crippen LogP contribution in [-0.2, 0) is 11.4 Å². The molecule has 7 heteroatoms. The Morgan fingerprint density at radius 2 is 1.89 bits per heavy atom. The first-order valence-electron chi connectivity index (χ1n) is 12.5. The number of nitrogen functional groups attached to an aromatic ring is 1. The highest BCUT2D eigenvalue weighted by atomic mass is 16.5. The number of nitrogens with zero attached hydrogens (tertiary/aromatic N) is 3. The highest BCUT2D eigenvalue weighted by Crippen LogP contribution is 2.43. The minimum atomic E-state index is -0.373. The van der Waals surface area contributed by atoms with Gasteiger partial charge in [-0.05, 0) is 42.0 Å². The third-order valence-corrected chi connectivity index (χ3v) is 6.87. The van der Waals surface area contributed by atoms with Gasteiger partial charge < -0.3 is 20.4 Å². The van der Waals surface area contributed by atoms with Crippen LogP contribution in [0.4, 0.5) is 5.82 Å². The summed E-state index contributed by atoms with van der Waals surface area (Å²) in [5, 5.41) is 3.96. The van der Waals surface area contributed by atoms with Crippen LogP contribution >= 0.6 is 0 Å². The number of hydrogen-bond acceptors (Lipinski definition) is 5. The molecular weight excluding hydrogens is 450 g/mol. The first-order chi connectivity index (χ1) is 17.3. The van der Waals surface area contributed by atoms with Crippen molar-refractivity contribution in [2.75, 3.05) is 12.3 Å². The van der Waals surface area contributed by atoms with E-state index in [-0.39, 0.29) is 11.3 Å². The number of nitrogens with two attached hydrogens (primary N) is 1. The van der Waals surface area contributed by atoms with E-state index in [2.05, 4.69) is 44.2 Å². The first kappa shape index (κ1) is 23.9. The fourth-order valence-corrected chi connectivity index (χ4v) is 4.70. The molecule has 1 aliphatic carbocycles. The fourth-order valence-electron chi connectivity index (χ4n) is 4.70. The van der Waals surface area contributed by atoms with Crippen LogP contribution < -0.4 is 15.8 Å². The second-order valence-corrected chi connectivity index (χ2v) is 10.7. The van der Waals surface area contributed by atoms with Crippen molar-refractivity contribution < 1.29 is 9.53 Å². The third kappa shape index (κ3) is 4.91. The molecule has 0 bridgehead atoms. The molecule has 0 atom stereocenters. The average molecular weight is 484 g/mol. The summed E-state index contributed by atoms with van der Waals surface area (Å²) in [7, 11) is 0. The second kappa shape index (κ2) is 9.64. The molecule has 5 rings (SSSR count). The normalized spacial score (nSPS) is 17.5. The standard InChI is InChI=1S/C29H33N5O2/c1-29(2,3)28(35)31-15-20-12-22(13-20)34-16-24(25-26(30)32-18-33-27(25)34)21-10-7-11-23(14-21)36-17-19-8-5-4-6-9-19/h4-11,14,16,18,20,22H,12-13,15,17H2,1-3H3,(H,31,35)(H2,30,32,33)/t20-,22+. The predicted molar refractivity (Wildman–Crippen MR) is 142 cm³/mol. The molecule has 2 heterocycles. The van der Waals surface area contributed by atoms with E-state index in [0.717, 1.165) is 46.3 Å². The number of amides is 1. The van der Waals surface area contributed by atoms with Crippen LogP contribution in [0, 0.1) is 11.3 Å². The SMILES string of the molecule is CC(C)(C)C(=O)NC[C@H]1C[C@@H](n2cc(-c3cccc(OCc4ccccc4)c3)c3c(N)ncnc32)C1. The molecular formula is C29H33N5O2. The summed E-state index contributed by atoms with van der Waals surface area (Å²) in [4.78, 5) is 21.1. The van der Waals surface area contributed by atoms with Crippen molar-refractivity contribution >= 4 is 22.8 Å². The molecule has 1 fully saturated rings. The van der Waals surface area contributed by atoms with Crippen molar-refractivity contribution in [1.82, 2.24) is 19.9 Å². The van der Waals surface area contributed by atoms with E-state index in [9.17, 15) is 4.79 Å². The van der Waals surface area contributed by atoms with Crippen LogP contribution in [0.3, 0.4) is 0 Å². The Hall–Kier alpha value is -3.87. The summed E-state index contributed by atoms with van der Waals surface area (Å²) in [6, 6.07) is 18.5. The van der Waals surface area contributed by atoms with Gasteiger partial charge in [-0.3, -0.25) is 4.79 Å². The Morgan fingerprint density at radius 1 is 1.11 bits per heavy atom. The summed E-state index contributed by atoms with van der Waals surface area (Å²) >= 11 is 0. The number of carbonyl (C=O) groups excluding carboxylic acids is 1. The molecule has 36 heavy (non-hydrogen) atoms. The molecule has 3 N–H and O–H groups in total. The van der Waals surface area contributed by atoms with Crippen molar-refractivity contribution in [2.24, 2.45) is 11.3 Å². The number of anilines is 1. The predicted octanol–water partition coefficient (Wildman–Crippen LogP) is 5.37. The Labute approximate surface area is 211 Å². The number of ether oxygens (including phenoxy) is 1. The lowest BCUT2D eigenvalue weighted by molar-refractivity contribution is -0.128. The summed E-state index contributed by atoms with van der Waals surface area (Å²) < 4.78 is 8.29. The lowest BCUT2D eigenvalue weighted by Crippen LogP contribution is -2.41. The van der Waals surface area contributed by atoms with E-state index in [1.165, 1.54) is 6.33 Å². The number of carbonyl (C=O) groups is 1. The Bertz CT molecular complexity index is 1370. The summed E-state index contributed by atoms with van der Waals surface area (Å²) in [6.07, 6.45) is 5.63. The maximum atomic E-state index is 12.2. The smallest absolute Gasteiger partial charge is 0.225 e. The highest BCUT2D eigenvalue weighted by molar-refractivity contribution is 6.00. The van der Waals surface area contributed by atoms with Gasteiger partial charge in [0.1, 0.15) is 30.1 Å². The molecule has 0 unspecified atom stereocenters. The highest BCUT2D eigenvalue weighted by Gasteiger charge is 2.33. The van der Waals surface area contributed by atoms with Crippen LogP contribution in [-0.4, -0.2) is 27.0 Å². The van der Waals surface area contributed by atoms with Crippen molar-refractivity contribution in [3.05, 3.63) is 72.7 Å². The van der Waals surface area contributed by atoms with Crippen molar-refractivity contribution in [3.63, 3.8) is 0 Å². The van der Waals surface area contributed by atoms with E-state index in [4.69, 9.17) is 10.5 Å². The van der Waals surface area contributed by atoms with Gasteiger partial charge in [-0.25, -0.2) is 9.97 Å². The Morgan fingerprint density at radius 3 is 2.64 bits per heavy atom. The maximum absolute atomic E-state index is 12.2. The van der Waals surface area contributed by atoms with Gasteiger partial charge in [0.25, 0.3) is 0 Å². The van der Waals surface area contributed by atoms with E-state index in [0.29, 0.717) is 30.9 Å². The average Bonchev–Trinajstić information content (AvgIpc) is 3.22. The monoisotopic (exact) mass is 483 g/mol. The fraction of sp³-hybridized carbons (Fsp3) is 0.345. The second-order valence-electron chi connectivity index (χ2n) is 10.7. The first-order valence-corrected chi connectivity index (χ1v) is 12.5. The molecule has 0 aliphatic heterocycles. The molecule has 1 aliphatic rings. The summed E-state index contributed by atoms with van der Waals surface area (Å²) in [6.45, 7) is 7.02. The van der Waals surface area contributed by atoms with Crippen molar-refractivity contribution in [2.45, 2.75) is 46.3 Å². The molecule has 7 nitrogen and oxygen atoms in total. The van der Waals surface area contributed by atoms with Gasteiger partial charge in [-0.15, -0.1) is 0 Å². The number of aromatic nitrogens is 3. The minimum Gasteiger partial charge on any atom is -0.489 e. The summed E-state index contributed by atoms with van der Waals surface area (Å²) in [5.41, 5.74) is 9.95. The molecule has 0 spiro atoms. The van der Waals surface area contributed by atoms with Gasteiger partial charge in [0, 0.05) is 29.8 Å². The lowest BCUT2D eigenvalue weighted by Gasteiger charge is -2.37. The third-order valence-electron chi connectivity index (χ3n) is 6.87. The van der Waals surface area contributed by atoms with Crippen molar-refractivity contribution in [1.29, 1.82) is 0 Å². The number of rotatable bonds is 7.